The number of aryl methyl sites for hydroxylation is 1. The Hall–Kier alpha value is -1.88. The van der Waals surface area contributed by atoms with E-state index in [9.17, 15) is 0 Å². The molecule has 0 aliphatic heterocycles. The standard InChI is InChI=1S/C16H21N3OS/c1-10(2)14-15(16(17)18)21-13(19-14)7-8-20-12-6-4-5-11(3)9-12/h4-6,9-10H,7-8H2,1-3H3,(H3,17,18). The fraction of sp³-hybridized carbons (Fsp3) is 0.375. The molecule has 2 rings (SSSR count). The average molecular weight is 303 g/mol. The molecule has 0 amide bonds. The van der Waals surface area contributed by atoms with Gasteiger partial charge in [-0.1, -0.05) is 26.0 Å². The molecule has 1 heterocycles. The maximum absolute atomic E-state index is 7.63. The molecule has 0 saturated heterocycles. The first-order valence-electron chi connectivity index (χ1n) is 7.01. The predicted octanol–water partition coefficient (Wildman–Crippen LogP) is 3.48. The molecule has 0 bridgehead atoms. The van der Waals surface area contributed by atoms with Gasteiger partial charge >= 0.3 is 0 Å². The van der Waals surface area contributed by atoms with E-state index in [0.717, 1.165) is 27.7 Å². The van der Waals surface area contributed by atoms with Gasteiger partial charge in [0.15, 0.2) is 0 Å². The maximum Gasteiger partial charge on any atom is 0.135 e. The molecule has 0 radical (unpaired) electrons. The molecule has 21 heavy (non-hydrogen) atoms. The topological polar surface area (TPSA) is 72.0 Å². The zero-order chi connectivity index (χ0) is 15.4. The summed E-state index contributed by atoms with van der Waals surface area (Å²) in [5.41, 5.74) is 7.72. The van der Waals surface area contributed by atoms with Crippen molar-refractivity contribution in [2.24, 2.45) is 5.73 Å². The van der Waals surface area contributed by atoms with Gasteiger partial charge in [-0.3, -0.25) is 5.41 Å². The van der Waals surface area contributed by atoms with Crippen LogP contribution in [0.1, 0.15) is 40.9 Å². The van der Waals surface area contributed by atoms with Crippen LogP contribution in [0.25, 0.3) is 0 Å². The lowest BCUT2D eigenvalue weighted by Gasteiger charge is -2.05. The minimum atomic E-state index is 0.0991. The van der Waals surface area contributed by atoms with Crippen LogP contribution in [0, 0.1) is 12.3 Å². The second-order valence-corrected chi connectivity index (χ2v) is 6.39. The van der Waals surface area contributed by atoms with Gasteiger partial charge in [0.25, 0.3) is 0 Å². The van der Waals surface area contributed by atoms with Crippen LogP contribution in [0.15, 0.2) is 24.3 Å². The van der Waals surface area contributed by atoms with Crippen molar-refractivity contribution in [3.05, 3.63) is 45.4 Å². The van der Waals surface area contributed by atoms with E-state index in [0.29, 0.717) is 6.61 Å². The molecule has 0 saturated carbocycles. The van der Waals surface area contributed by atoms with Crippen molar-refractivity contribution in [3.63, 3.8) is 0 Å². The number of nitrogen functional groups attached to an aromatic ring is 1. The van der Waals surface area contributed by atoms with Crippen molar-refractivity contribution >= 4 is 17.2 Å². The smallest absolute Gasteiger partial charge is 0.135 e. The van der Waals surface area contributed by atoms with E-state index >= 15 is 0 Å². The predicted molar refractivity (Wildman–Crippen MR) is 87.6 cm³/mol. The Morgan fingerprint density at radius 2 is 2.19 bits per heavy atom. The normalized spacial score (nSPS) is 10.9. The number of aromatic nitrogens is 1. The maximum atomic E-state index is 7.63. The van der Waals surface area contributed by atoms with Crippen LogP contribution in [0.2, 0.25) is 0 Å². The van der Waals surface area contributed by atoms with E-state index in [4.69, 9.17) is 15.9 Å². The van der Waals surface area contributed by atoms with E-state index < -0.39 is 0 Å². The van der Waals surface area contributed by atoms with E-state index in [1.807, 2.05) is 31.2 Å². The van der Waals surface area contributed by atoms with Gasteiger partial charge in [0.2, 0.25) is 0 Å². The molecule has 0 aliphatic rings. The van der Waals surface area contributed by atoms with Crippen molar-refractivity contribution in [1.82, 2.24) is 4.98 Å². The molecular weight excluding hydrogens is 282 g/mol. The second-order valence-electron chi connectivity index (χ2n) is 5.31. The molecule has 0 atom stereocenters. The monoisotopic (exact) mass is 303 g/mol. The Balaban J connectivity index is 2.00. The Morgan fingerprint density at radius 1 is 1.43 bits per heavy atom. The molecule has 1 aromatic carbocycles. The quantitative estimate of drug-likeness (QED) is 0.634. The molecule has 0 fully saturated rings. The minimum Gasteiger partial charge on any atom is -0.493 e. The highest BCUT2D eigenvalue weighted by Crippen LogP contribution is 2.25. The highest BCUT2D eigenvalue weighted by atomic mass is 32.1. The second kappa shape index (κ2) is 6.72. The van der Waals surface area contributed by atoms with E-state index in [1.165, 1.54) is 16.9 Å². The minimum absolute atomic E-state index is 0.0991. The van der Waals surface area contributed by atoms with Gasteiger partial charge in [0.1, 0.15) is 11.6 Å². The third kappa shape index (κ3) is 4.04. The van der Waals surface area contributed by atoms with Gasteiger partial charge in [0, 0.05) is 6.42 Å². The van der Waals surface area contributed by atoms with Crippen molar-refractivity contribution in [3.8, 4) is 5.75 Å². The summed E-state index contributed by atoms with van der Waals surface area (Å²) in [6.07, 6.45) is 0.728. The van der Waals surface area contributed by atoms with Crippen LogP contribution in [0.5, 0.6) is 5.75 Å². The lowest BCUT2D eigenvalue weighted by atomic mass is 10.1. The number of amidine groups is 1. The first-order valence-corrected chi connectivity index (χ1v) is 7.82. The molecule has 5 heteroatoms. The molecule has 0 unspecified atom stereocenters. The van der Waals surface area contributed by atoms with Crippen LogP contribution >= 0.6 is 11.3 Å². The molecule has 0 aliphatic carbocycles. The van der Waals surface area contributed by atoms with Crippen molar-refractivity contribution in [2.75, 3.05) is 6.61 Å². The van der Waals surface area contributed by atoms with Crippen LogP contribution in [-0.2, 0) is 6.42 Å². The SMILES string of the molecule is Cc1cccc(OCCc2nc(C(C)C)c(C(=N)N)s2)c1. The highest BCUT2D eigenvalue weighted by Gasteiger charge is 2.16. The number of ether oxygens (including phenoxy) is 1. The number of hydrogen-bond donors (Lipinski definition) is 2. The summed E-state index contributed by atoms with van der Waals surface area (Å²) in [6, 6.07) is 8.00. The molecule has 3 N–H and O–H groups in total. The Labute approximate surface area is 129 Å². The van der Waals surface area contributed by atoms with Gasteiger partial charge in [-0.05, 0) is 30.5 Å². The summed E-state index contributed by atoms with van der Waals surface area (Å²) in [6.45, 7) is 6.75. The summed E-state index contributed by atoms with van der Waals surface area (Å²) < 4.78 is 5.74. The largest absolute Gasteiger partial charge is 0.493 e. The zero-order valence-corrected chi connectivity index (χ0v) is 13.5. The number of rotatable bonds is 6. The molecular formula is C16H21N3OS. The summed E-state index contributed by atoms with van der Waals surface area (Å²) in [7, 11) is 0. The summed E-state index contributed by atoms with van der Waals surface area (Å²) in [4.78, 5) is 5.38. The van der Waals surface area contributed by atoms with E-state index in [2.05, 4.69) is 18.8 Å². The number of benzene rings is 1. The van der Waals surface area contributed by atoms with Crippen molar-refractivity contribution in [2.45, 2.75) is 33.1 Å². The first kappa shape index (κ1) is 15.5. The number of hydrogen-bond acceptors (Lipinski definition) is 4. The number of nitrogens with zero attached hydrogens (tertiary/aromatic N) is 1. The van der Waals surface area contributed by atoms with E-state index in [1.54, 1.807) is 0 Å². The number of nitrogens with two attached hydrogens (primary N) is 1. The van der Waals surface area contributed by atoms with Crippen LogP contribution in [0.4, 0.5) is 0 Å². The van der Waals surface area contributed by atoms with Gasteiger partial charge in [0.05, 0.1) is 22.2 Å². The lowest BCUT2D eigenvalue weighted by Crippen LogP contribution is -2.12. The number of nitrogens with one attached hydrogen (secondary N) is 1. The molecule has 112 valence electrons. The zero-order valence-electron chi connectivity index (χ0n) is 12.6. The van der Waals surface area contributed by atoms with Gasteiger partial charge in [-0.15, -0.1) is 11.3 Å². The Bertz CT molecular complexity index is 634. The molecule has 1 aromatic heterocycles. The van der Waals surface area contributed by atoms with Gasteiger partial charge in [-0.2, -0.15) is 0 Å². The van der Waals surface area contributed by atoms with Crippen LogP contribution < -0.4 is 10.5 Å². The summed E-state index contributed by atoms with van der Waals surface area (Å²) in [5.74, 6) is 1.25. The molecule has 2 aromatic rings. The first-order chi connectivity index (χ1) is 9.97. The summed E-state index contributed by atoms with van der Waals surface area (Å²) >= 11 is 1.49. The van der Waals surface area contributed by atoms with Gasteiger partial charge < -0.3 is 10.5 Å². The average Bonchev–Trinajstić information content (AvgIpc) is 2.83. The third-order valence-corrected chi connectivity index (χ3v) is 4.23. The Kier molecular flexibility index (Phi) is 4.96. The molecule has 4 nitrogen and oxygen atoms in total. The van der Waals surface area contributed by atoms with Crippen LogP contribution in [-0.4, -0.2) is 17.4 Å². The van der Waals surface area contributed by atoms with Gasteiger partial charge in [-0.25, -0.2) is 4.98 Å². The fourth-order valence-corrected chi connectivity index (χ4v) is 3.09. The summed E-state index contributed by atoms with van der Waals surface area (Å²) in [5, 5.41) is 8.60. The fourth-order valence-electron chi connectivity index (χ4n) is 2.03. The van der Waals surface area contributed by atoms with E-state index in [-0.39, 0.29) is 11.8 Å². The molecule has 0 spiro atoms. The Morgan fingerprint density at radius 3 is 2.76 bits per heavy atom. The van der Waals surface area contributed by atoms with Crippen LogP contribution in [0.3, 0.4) is 0 Å². The highest BCUT2D eigenvalue weighted by molar-refractivity contribution is 7.13. The number of thiazole rings is 1. The van der Waals surface area contributed by atoms with Crippen molar-refractivity contribution in [1.29, 1.82) is 5.41 Å². The van der Waals surface area contributed by atoms with Crippen molar-refractivity contribution < 1.29 is 4.74 Å². The third-order valence-electron chi connectivity index (χ3n) is 3.06. The lowest BCUT2D eigenvalue weighted by molar-refractivity contribution is 0.321.